The van der Waals surface area contributed by atoms with Crippen molar-refractivity contribution in [1.29, 1.82) is 0 Å². The van der Waals surface area contributed by atoms with E-state index in [1.165, 1.54) is 0 Å². The molecule has 3 rings (SSSR count). The predicted molar refractivity (Wildman–Crippen MR) is 110 cm³/mol. The van der Waals surface area contributed by atoms with Crippen LogP contribution >= 0.6 is 0 Å². The number of H-pyrrole nitrogens is 1. The van der Waals surface area contributed by atoms with E-state index in [0.717, 1.165) is 22.0 Å². The molecule has 0 aliphatic rings. The van der Waals surface area contributed by atoms with Gasteiger partial charge in [-0.25, -0.2) is 0 Å². The van der Waals surface area contributed by atoms with E-state index in [1.54, 1.807) is 19.2 Å². The number of hydrogen-bond donors (Lipinski definition) is 3. The van der Waals surface area contributed by atoms with Crippen LogP contribution in [0.15, 0.2) is 47.3 Å². The van der Waals surface area contributed by atoms with Crippen LogP contribution in [-0.4, -0.2) is 36.5 Å². The van der Waals surface area contributed by atoms with Gasteiger partial charge in [0.25, 0.3) is 5.56 Å². The number of ether oxygens (including phenoxy) is 2. The fourth-order valence-corrected chi connectivity index (χ4v) is 3.18. The van der Waals surface area contributed by atoms with Crippen molar-refractivity contribution in [2.45, 2.75) is 26.5 Å². The van der Waals surface area contributed by atoms with Crippen LogP contribution in [0.1, 0.15) is 16.7 Å². The molecule has 0 saturated carbocycles. The smallest absolute Gasteiger partial charge is 0.252 e. The second-order valence-electron chi connectivity index (χ2n) is 6.94. The summed E-state index contributed by atoms with van der Waals surface area (Å²) in [5.41, 5.74) is 3.59. The maximum Gasteiger partial charge on any atom is 0.252 e. The van der Waals surface area contributed by atoms with Gasteiger partial charge in [0, 0.05) is 24.7 Å². The van der Waals surface area contributed by atoms with Crippen LogP contribution in [0.3, 0.4) is 0 Å². The topological polar surface area (TPSA) is 83.6 Å². The summed E-state index contributed by atoms with van der Waals surface area (Å²) < 4.78 is 10.7. The maximum atomic E-state index is 12.3. The molecule has 148 valence electrons. The molecule has 3 aromatic rings. The van der Waals surface area contributed by atoms with Crippen molar-refractivity contribution >= 4 is 10.9 Å². The molecule has 0 amide bonds. The van der Waals surface area contributed by atoms with E-state index in [0.29, 0.717) is 30.2 Å². The lowest BCUT2D eigenvalue weighted by Gasteiger charge is -2.14. The lowest BCUT2D eigenvalue weighted by atomic mass is 10.1. The summed E-state index contributed by atoms with van der Waals surface area (Å²) in [6, 6.07) is 13.2. The molecular weight excluding hydrogens is 356 g/mol. The number of pyridine rings is 1. The van der Waals surface area contributed by atoms with E-state index < -0.39 is 6.10 Å². The number of aliphatic hydroxyl groups is 1. The zero-order chi connectivity index (χ0) is 20.1. The first-order valence-corrected chi connectivity index (χ1v) is 9.25. The van der Waals surface area contributed by atoms with Crippen molar-refractivity contribution in [3.63, 3.8) is 0 Å². The van der Waals surface area contributed by atoms with Crippen LogP contribution in [0.4, 0.5) is 0 Å². The van der Waals surface area contributed by atoms with Crippen LogP contribution in [-0.2, 0) is 6.54 Å². The van der Waals surface area contributed by atoms with Gasteiger partial charge in [-0.3, -0.25) is 4.79 Å². The van der Waals surface area contributed by atoms with Gasteiger partial charge in [-0.15, -0.1) is 0 Å². The van der Waals surface area contributed by atoms with Gasteiger partial charge in [-0.05, 0) is 49.1 Å². The molecule has 0 spiro atoms. The van der Waals surface area contributed by atoms with E-state index in [-0.39, 0.29) is 12.2 Å². The van der Waals surface area contributed by atoms with Crippen molar-refractivity contribution in [3.05, 3.63) is 69.5 Å². The SMILES string of the molecule is COc1cccc(OC[C@@H](O)CNCc2cc3cc(C)cc(C)c3[nH]c2=O)c1. The Labute approximate surface area is 164 Å². The molecule has 28 heavy (non-hydrogen) atoms. The maximum absolute atomic E-state index is 12.3. The molecule has 0 saturated heterocycles. The van der Waals surface area contributed by atoms with Crippen molar-refractivity contribution in [1.82, 2.24) is 10.3 Å². The number of aromatic nitrogens is 1. The molecule has 0 fully saturated rings. The van der Waals surface area contributed by atoms with Gasteiger partial charge >= 0.3 is 0 Å². The highest BCUT2D eigenvalue weighted by molar-refractivity contribution is 5.82. The third kappa shape index (κ3) is 4.91. The lowest BCUT2D eigenvalue weighted by molar-refractivity contribution is 0.106. The lowest BCUT2D eigenvalue weighted by Crippen LogP contribution is -2.32. The molecule has 0 bridgehead atoms. The van der Waals surface area contributed by atoms with Gasteiger partial charge in [0.15, 0.2) is 0 Å². The fraction of sp³-hybridized carbons (Fsp3) is 0.318. The number of fused-ring (bicyclic) bond motifs is 1. The monoisotopic (exact) mass is 382 g/mol. The summed E-state index contributed by atoms with van der Waals surface area (Å²) in [4.78, 5) is 15.3. The number of aliphatic hydroxyl groups excluding tert-OH is 1. The van der Waals surface area contributed by atoms with Crippen LogP contribution in [0, 0.1) is 13.8 Å². The third-order valence-electron chi connectivity index (χ3n) is 4.55. The average molecular weight is 382 g/mol. The van der Waals surface area contributed by atoms with Crippen LogP contribution in [0.2, 0.25) is 0 Å². The molecule has 0 radical (unpaired) electrons. The number of methoxy groups -OCH3 is 1. The van der Waals surface area contributed by atoms with E-state index in [1.807, 2.05) is 32.0 Å². The quantitative estimate of drug-likeness (QED) is 0.558. The molecule has 0 unspecified atom stereocenters. The molecule has 1 heterocycles. The Morgan fingerprint density at radius 3 is 2.71 bits per heavy atom. The van der Waals surface area contributed by atoms with Gasteiger partial charge in [0.05, 0.1) is 12.6 Å². The fourth-order valence-electron chi connectivity index (χ4n) is 3.18. The minimum Gasteiger partial charge on any atom is -0.497 e. The summed E-state index contributed by atoms with van der Waals surface area (Å²) >= 11 is 0. The van der Waals surface area contributed by atoms with Gasteiger partial charge in [0.2, 0.25) is 0 Å². The van der Waals surface area contributed by atoms with Crippen molar-refractivity contribution < 1.29 is 14.6 Å². The summed E-state index contributed by atoms with van der Waals surface area (Å²) in [6.45, 7) is 4.85. The Morgan fingerprint density at radius 2 is 1.93 bits per heavy atom. The third-order valence-corrected chi connectivity index (χ3v) is 4.55. The first kappa shape index (κ1) is 19.9. The van der Waals surface area contributed by atoms with Crippen molar-refractivity contribution in [2.24, 2.45) is 0 Å². The second-order valence-corrected chi connectivity index (χ2v) is 6.94. The van der Waals surface area contributed by atoms with Gasteiger partial charge < -0.3 is 24.9 Å². The Bertz CT molecular complexity index is 1010. The van der Waals surface area contributed by atoms with Crippen LogP contribution in [0.5, 0.6) is 11.5 Å². The first-order valence-electron chi connectivity index (χ1n) is 9.25. The number of aromatic amines is 1. The minimum atomic E-state index is -0.699. The standard InChI is InChI=1S/C22H26N2O4/c1-14-7-15(2)21-16(8-14)9-17(22(26)24-21)11-23-12-18(25)13-28-20-6-4-5-19(10-20)27-3/h4-10,18,23,25H,11-13H2,1-3H3,(H,24,26)/t18-/m0/s1. The molecule has 6 nitrogen and oxygen atoms in total. The van der Waals surface area contributed by atoms with E-state index in [4.69, 9.17) is 9.47 Å². The van der Waals surface area contributed by atoms with E-state index in [2.05, 4.69) is 22.4 Å². The van der Waals surface area contributed by atoms with Gasteiger partial charge in [-0.2, -0.15) is 0 Å². The number of nitrogens with one attached hydrogen (secondary N) is 2. The highest BCUT2D eigenvalue weighted by Crippen LogP contribution is 2.19. The molecule has 0 aliphatic heterocycles. The van der Waals surface area contributed by atoms with Gasteiger partial charge in [0.1, 0.15) is 24.2 Å². The molecule has 1 aromatic heterocycles. The zero-order valence-corrected chi connectivity index (χ0v) is 16.4. The van der Waals surface area contributed by atoms with Crippen molar-refractivity contribution in [2.75, 3.05) is 20.3 Å². The van der Waals surface area contributed by atoms with E-state index in [9.17, 15) is 9.90 Å². The van der Waals surface area contributed by atoms with Gasteiger partial charge in [-0.1, -0.05) is 17.7 Å². The number of benzene rings is 2. The Kier molecular flexibility index (Phi) is 6.34. The zero-order valence-electron chi connectivity index (χ0n) is 16.4. The summed E-state index contributed by atoms with van der Waals surface area (Å²) in [7, 11) is 1.59. The van der Waals surface area contributed by atoms with E-state index >= 15 is 0 Å². The molecule has 3 N–H and O–H groups in total. The van der Waals surface area contributed by atoms with Crippen LogP contribution in [0.25, 0.3) is 10.9 Å². The summed E-state index contributed by atoms with van der Waals surface area (Å²) in [6.07, 6.45) is -0.699. The highest BCUT2D eigenvalue weighted by Gasteiger charge is 2.09. The average Bonchev–Trinajstić information content (AvgIpc) is 2.67. The largest absolute Gasteiger partial charge is 0.497 e. The van der Waals surface area contributed by atoms with Crippen molar-refractivity contribution in [3.8, 4) is 11.5 Å². The first-order chi connectivity index (χ1) is 13.5. The van der Waals surface area contributed by atoms with Crippen LogP contribution < -0.4 is 20.3 Å². The number of hydrogen-bond acceptors (Lipinski definition) is 5. The second kappa shape index (κ2) is 8.91. The number of rotatable bonds is 8. The minimum absolute atomic E-state index is 0.117. The Morgan fingerprint density at radius 1 is 1.14 bits per heavy atom. The summed E-state index contributed by atoms with van der Waals surface area (Å²) in [5.74, 6) is 1.33. The molecule has 0 aliphatic carbocycles. The summed E-state index contributed by atoms with van der Waals surface area (Å²) in [5, 5.41) is 14.3. The number of aryl methyl sites for hydroxylation is 2. The molecule has 1 atom stereocenters. The molecule has 2 aromatic carbocycles. The Hall–Kier alpha value is -2.83. The molecular formula is C22H26N2O4. The normalized spacial score (nSPS) is 12.1. The molecule has 6 heteroatoms. The predicted octanol–water partition coefficient (Wildman–Crippen LogP) is 2.68. The highest BCUT2D eigenvalue weighted by atomic mass is 16.5. The Balaban J connectivity index is 1.55.